The van der Waals surface area contributed by atoms with Gasteiger partial charge in [-0.3, -0.25) is 0 Å². The minimum atomic E-state index is 0.105. The van der Waals surface area contributed by atoms with Crippen molar-refractivity contribution in [3.8, 4) is 0 Å². The summed E-state index contributed by atoms with van der Waals surface area (Å²) < 4.78 is 0. The maximum absolute atomic E-state index is 8.50. The molecular formula is C10H12O. The number of aliphatic hydroxyl groups is 1. The van der Waals surface area contributed by atoms with Crippen LogP contribution in [0, 0.1) is 6.92 Å². The summed E-state index contributed by atoms with van der Waals surface area (Å²) in [5, 5.41) is 8.50. The summed E-state index contributed by atoms with van der Waals surface area (Å²) in [6.07, 6.45) is 3.63. The van der Waals surface area contributed by atoms with Gasteiger partial charge in [0.05, 0.1) is 6.61 Å². The first-order valence-electron chi connectivity index (χ1n) is 3.67. The lowest BCUT2D eigenvalue weighted by molar-refractivity contribution is 0.343. The quantitative estimate of drug-likeness (QED) is 0.680. The van der Waals surface area contributed by atoms with Crippen molar-refractivity contribution in [1.82, 2.24) is 0 Å². The zero-order valence-corrected chi connectivity index (χ0v) is 6.62. The number of benzene rings is 1. The molecule has 0 saturated carbocycles. The Labute approximate surface area is 67.0 Å². The van der Waals surface area contributed by atoms with Crippen molar-refractivity contribution in [3.63, 3.8) is 0 Å². The molecule has 0 atom stereocenters. The molecule has 1 rings (SSSR count). The topological polar surface area (TPSA) is 20.2 Å². The van der Waals surface area contributed by atoms with Gasteiger partial charge in [-0.1, -0.05) is 42.0 Å². The maximum Gasteiger partial charge on any atom is 0.0615 e. The number of aryl methyl sites for hydroxylation is 1. The summed E-state index contributed by atoms with van der Waals surface area (Å²) in [6.45, 7) is 2.16. The van der Waals surface area contributed by atoms with E-state index in [1.165, 1.54) is 5.56 Å². The van der Waals surface area contributed by atoms with Crippen LogP contribution in [0.1, 0.15) is 11.1 Å². The highest BCUT2D eigenvalue weighted by Gasteiger charge is 1.84. The monoisotopic (exact) mass is 148 g/mol. The van der Waals surface area contributed by atoms with Gasteiger partial charge in [0.25, 0.3) is 0 Å². The van der Waals surface area contributed by atoms with E-state index in [1.807, 2.05) is 18.2 Å². The highest BCUT2D eigenvalue weighted by molar-refractivity contribution is 5.49. The van der Waals surface area contributed by atoms with E-state index < -0.39 is 0 Å². The minimum Gasteiger partial charge on any atom is -0.392 e. The molecule has 1 nitrogen and oxygen atoms in total. The van der Waals surface area contributed by atoms with Gasteiger partial charge >= 0.3 is 0 Å². The number of hydrogen-bond donors (Lipinski definition) is 1. The highest BCUT2D eigenvalue weighted by atomic mass is 16.2. The Morgan fingerprint density at radius 2 is 1.91 bits per heavy atom. The lowest BCUT2D eigenvalue weighted by Crippen LogP contribution is -1.75. The molecule has 0 aliphatic heterocycles. The molecule has 58 valence electrons. The largest absolute Gasteiger partial charge is 0.392 e. The zero-order chi connectivity index (χ0) is 8.10. The molecule has 0 fully saturated rings. The predicted octanol–water partition coefficient (Wildman–Crippen LogP) is 2.00. The summed E-state index contributed by atoms with van der Waals surface area (Å²) >= 11 is 0. The van der Waals surface area contributed by atoms with Gasteiger partial charge in [-0.05, 0) is 12.5 Å². The molecule has 1 heteroatoms. The molecule has 0 heterocycles. The number of aliphatic hydroxyl groups excluding tert-OH is 1. The third kappa shape index (κ3) is 2.56. The Morgan fingerprint density at radius 3 is 2.45 bits per heavy atom. The molecule has 0 saturated heterocycles. The third-order valence-electron chi connectivity index (χ3n) is 1.49. The minimum absolute atomic E-state index is 0.105. The van der Waals surface area contributed by atoms with E-state index in [0.717, 1.165) is 5.56 Å². The Hall–Kier alpha value is -1.08. The van der Waals surface area contributed by atoms with Gasteiger partial charge in [0, 0.05) is 0 Å². The van der Waals surface area contributed by atoms with Crippen LogP contribution in [-0.2, 0) is 0 Å². The molecule has 0 amide bonds. The smallest absolute Gasteiger partial charge is 0.0615 e. The first-order valence-corrected chi connectivity index (χ1v) is 3.67. The molecule has 1 aromatic carbocycles. The van der Waals surface area contributed by atoms with Gasteiger partial charge in [-0.25, -0.2) is 0 Å². The molecule has 0 bridgehead atoms. The number of rotatable bonds is 2. The van der Waals surface area contributed by atoms with Crippen LogP contribution in [-0.4, -0.2) is 11.7 Å². The normalized spacial score (nSPS) is 10.7. The van der Waals surface area contributed by atoms with Crippen molar-refractivity contribution >= 4 is 6.08 Å². The van der Waals surface area contributed by atoms with Crippen molar-refractivity contribution in [2.75, 3.05) is 6.61 Å². The molecule has 0 aliphatic carbocycles. The van der Waals surface area contributed by atoms with Crippen molar-refractivity contribution in [3.05, 3.63) is 41.5 Å². The van der Waals surface area contributed by atoms with Crippen molar-refractivity contribution in [1.29, 1.82) is 0 Å². The van der Waals surface area contributed by atoms with Crippen LogP contribution >= 0.6 is 0 Å². The second kappa shape index (κ2) is 3.94. The lowest BCUT2D eigenvalue weighted by atomic mass is 10.1. The predicted molar refractivity (Wildman–Crippen MR) is 47.3 cm³/mol. The molecule has 0 radical (unpaired) electrons. The van der Waals surface area contributed by atoms with E-state index in [4.69, 9.17) is 5.11 Å². The molecule has 1 N–H and O–H groups in total. The van der Waals surface area contributed by atoms with Gasteiger partial charge in [0.1, 0.15) is 0 Å². The zero-order valence-electron chi connectivity index (χ0n) is 6.62. The molecule has 0 spiro atoms. The van der Waals surface area contributed by atoms with Crippen molar-refractivity contribution < 1.29 is 5.11 Å². The fourth-order valence-electron chi connectivity index (χ4n) is 0.866. The average Bonchev–Trinajstić information content (AvgIpc) is 2.04. The Bertz CT molecular complexity index is 234. The van der Waals surface area contributed by atoms with E-state index in [1.54, 1.807) is 6.08 Å². The van der Waals surface area contributed by atoms with Crippen LogP contribution in [0.2, 0.25) is 0 Å². The van der Waals surface area contributed by atoms with E-state index in [2.05, 4.69) is 19.1 Å². The SMILES string of the molecule is Cc1ccc(/C=C/CO)cc1. The second-order valence-electron chi connectivity index (χ2n) is 2.50. The van der Waals surface area contributed by atoms with E-state index >= 15 is 0 Å². The standard InChI is InChI=1S/C10H12O/c1-9-4-6-10(7-5-9)3-2-8-11/h2-7,11H,8H2,1H3/b3-2+. The second-order valence-corrected chi connectivity index (χ2v) is 2.50. The van der Waals surface area contributed by atoms with Gasteiger partial charge in [-0.15, -0.1) is 0 Å². The summed E-state index contributed by atoms with van der Waals surface area (Å²) in [7, 11) is 0. The van der Waals surface area contributed by atoms with Crippen molar-refractivity contribution in [2.24, 2.45) is 0 Å². The van der Waals surface area contributed by atoms with Crippen LogP contribution in [0.4, 0.5) is 0 Å². The number of hydrogen-bond acceptors (Lipinski definition) is 1. The molecule has 1 aromatic rings. The Morgan fingerprint density at radius 1 is 1.27 bits per heavy atom. The van der Waals surface area contributed by atoms with Gasteiger partial charge < -0.3 is 5.11 Å². The van der Waals surface area contributed by atoms with Crippen LogP contribution in [0.25, 0.3) is 6.08 Å². The Balaban J connectivity index is 2.73. The first-order chi connectivity index (χ1) is 5.33. The molecule has 0 aromatic heterocycles. The maximum atomic E-state index is 8.50. The van der Waals surface area contributed by atoms with Crippen LogP contribution in [0.3, 0.4) is 0 Å². The van der Waals surface area contributed by atoms with Crippen LogP contribution in [0.5, 0.6) is 0 Å². The van der Waals surface area contributed by atoms with Gasteiger partial charge in [-0.2, -0.15) is 0 Å². The molecular weight excluding hydrogens is 136 g/mol. The first kappa shape index (κ1) is 8.02. The van der Waals surface area contributed by atoms with E-state index in [9.17, 15) is 0 Å². The molecule has 0 unspecified atom stereocenters. The third-order valence-corrected chi connectivity index (χ3v) is 1.49. The summed E-state index contributed by atoms with van der Waals surface area (Å²) in [6, 6.07) is 8.16. The summed E-state index contributed by atoms with van der Waals surface area (Å²) in [5.74, 6) is 0. The fourth-order valence-corrected chi connectivity index (χ4v) is 0.866. The average molecular weight is 148 g/mol. The molecule has 11 heavy (non-hydrogen) atoms. The fraction of sp³-hybridized carbons (Fsp3) is 0.200. The van der Waals surface area contributed by atoms with Crippen LogP contribution in [0.15, 0.2) is 30.3 Å². The van der Waals surface area contributed by atoms with E-state index in [-0.39, 0.29) is 6.61 Å². The highest BCUT2D eigenvalue weighted by Crippen LogP contribution is 2.04. The van der Waals surface area contributed by atoms with Gasteiger partial charge in [0.15, 0.2) is 0 Å². The summed E-state index contributed by atoms with van der Waals surface area (Å²) in [5.41, 5.74) is 2.38. The Kier molecular flexibility index (Phi) is 2.87. The van der Waals surface area contributed by atoms with Crippen molar-refractivity contribution in [2.45, 2.75) is 6.92 Å². The van der Waals surface area contributed by atoms with Gasteiger partial charge in [0.2, 0.25) is 0 Å². The van der Waals surface area contributed by atoms with Crippen LogP contribution < -0.4 is 0 Å². The van der Waals surface area contributed by atoms with E-state index in [0.29, 0.717) is 0 Å². The lowest BCUT2D eigenvalue weighted by Gasteiger charge is -1.93. The summed E-state index contributed by atoms with van der Waals surface area (Å²) in [4.78, 5) is 0. The molecule has 0 aliphatic rings.